The molecule has 5 atom stereocenters. The highest BCUT2D eigenvalue weighted by Crippen LogP contribution is 2.51. The van der Waals surface area contributed by atoms with E-state index in [1.54, 1.807) is 0 Å². The molecule has 0 bridgehead atoms. The van der Waals surface area contributed by atoms with Gasteiger partial charge in [0, 0.05) is 0 Å². The van der Waals surface area contributed by atoms with Crippen LogP contribution in [0.5, 0.6) is 0 Å². The Morgan fingerprint density at radius 2 is 1.62 bits per heavy atom. The van der Waals surface area contributed by atoms with Gasteiger partial charge in [-0.25, -0.2) is 0 Å². The van der Waals surface area contributed by atoms with Crippen LogP contribution in [0.15, 0.2) is 0 Å². The lowest BCUT2D eigenvalue weighted by Crippen LogP contribution is -2.33. The molecule has 0 N–H and O–H groups in total. The Hall–Kier alpha value is -0.0400. The number of ether oxygens (including phenoxy) is 1. The van der Waals surface area contributed by atoms with Crippen LogP contribution in [0, 0.1) is 23.7 Å². The van der Waals surface area contributed by atoms with Crippen LogP contribution in [0.3, 0.4) is 0 Å². The average Bonchev–Trinajstić information content (AvgIpc) is 3.05. The Morgan fingerprint density at radius 3 is 2.31 bits per heavy atom. The van der Waals surface area contributed by atoms with Crippen molar-refractivity contribution in [2.45, 2.75) is 71.0 Å². The lowest BCUT2D eigenvalue weighted by atomic mass is 9.64. The third-order valence-corrected chi connectivity index (χ3v) is 5.65. The van der Waals surface area contributed by atoms with Gasteiger partial charge in [0.15, 0.2) is 0 Å². The molecule has 1 saturated heterocycles. The molecule has 2 aliphatic carbocycles. The Bertz CT molecular complexity index is 246. The van der Waals surface area contributed by atoms with Gasteiger partial charge in [-0.1, -0.05) is 26.7 Å². The van der Waals surface area contributed by atoms with E-state index in [1.165, 1.54) is 44.9 Å². The summed E-state index contributed by atoms with van der Waals surface area (Å²) < 4.78 is 5.72. The lowest BCUT2D eigenvalue weighted by Gasteiger charge is -2.40. The summed E-state index contributed by atoms with van der Waals surface area (Å²) in [6.45, 7) is 4.75. The third-order valence-electron chi connectivity index (χ3n) is 5.65. The minimum absolute atomic E-state index is 0.682. The molecule has 0 aromatic heterocycles. The minimum atomic E-state index is 0.682. The topological polar surface area (TPSA) is 12.5 Å². The second-order valence-electron chi connectivity index (χ2n) is 6.35. The Balaban J connectivity index is 1.61. The molecule has 1 heterocycles. The zero-order chi connectivity index (χ0) is 11.1. The summed E-state index contributed by atoms with van der Waals surface area (Å²) in [6, 6.07) is 0. The molecule has 3 fully saturated rings. The lowest BCUT2D eigenvalue weighted by molar-refractivity contribution is 0.107. The smallest absolute Gasteiger partial charge is 0.0844 e. The van der Waals surface area contributed by atoms with Crippen molar-refractivity contribution in [2.24, 2.45) is 23.7 Å². The molecular weight excluding hydrogens is 196 g/mol. The molecule has 16 heavy (non-hydrogen) atoms. The summed E-state index contributed by atoms with van der Waals surface area (Å²) in [7, 11) is 0. The molecule has 0 radical (unpaired) electrons. The van der Waals surface area contributed by atoms with E-state index in [2.05, 4.69) is 13.8 Å². The first-order valence-electron chi connectivity index (χ1n) is 7.47. The van der Waals surface area contributed by atoms with Crippen LogP contribution in [-0.2, 0) is 4.74 Å². The SMILES string of the molecule is CCC(CC)C1CCC2CC3OC3CC2C1. The Kier molecular flexibility index (Phi) is 2.99. The van der Waals surface area contributed by atoms with E-state index in [0.717, 1.165) is 23.7 Å². The number of hydrogen-bond acceptors (Lipinski definition) is 1. The molecule has 0 aromatic rings. The normalized spacial score (nSPS) is 46.3. The van der Waals surface area contributed by atoms with Crippen LogP contribution >= 0.6 is 0 Å². The molecular formula is C15H26O. The molecule has 1 aliphatic heterocycles. The predicted octanol–water partition coefficient (Wildman–Crippen LogP) is 4.02. The highest BCUT2D eigenvalue weighted by atomic mass is 16.6. The number of rotatable bonds is 3. The van der Waals surface area contributed by atoms with Gasteiger partial charge in [0.25, 0.3) is 0 Å². The van der Waals surface area contributed by atoms with Gasteiger partial charge in [-0.3, -0.25) is 0 Å². The monoisotopic (exact) mass is 222 g/mol. The maximum absolute atomic E-state index is 5.72. The minimum Gasteiger partial charge on any atom is -0.370 e. The Labute approximate surface area is 99.9 Å². The second kappa shape index (κ2) is 4.33. The Morgan fingerprint density at radius 1 is 0.938 bits per heavy atom. The van der Waals surface area contributed by atoms with Crippen molar-refractivity contribution >= 4 is 0 Å². The first-order valence-corrected chi connectivity index (χ1v) is 7.47. The van der Waals surface area contributed by atoms with Gasteiger partial charge in [0.05, 0.1) is 12.2 Å². The number of hydrogen-bond donors (Lipinski definition) is 0. The van der Waals surface area contributed by atoms with Crippen molar-refractivity contribution in [3.05, 3.63) is 0 Å². The fourth-order valence-electron chi connectivity index (χ4n) is 4.54. The van der Waals surface area contributed by atoms with Crippen molar-refractivity contribution in [3.63, 3.8) is 0 Å². The average molecular weight is 222 g/mol. The van der Waals surface area contributed by atoms with Gasteiger partial charge in [-0.2, -0.15) is 0 Å². The van der Waals surface area contributed by atoms with E-state index in [1.807, 2.05) is 0 Å². The predicted molar refractivity (Wildman–Crippen MR) is 66.3 cm³/mol. The van der Waals surface area contributed by atoms with Gasteiger partial charge in [-0.05, 0) is 55.8 Å². The maximum atomic E-state index is 5.72. The van der Waals surface area contributed by atoms with E-state index in [4.69, 9.17) is 4.74 Å². The zero-order valence-electron chi connectivity index (χ0n) is 10.8. The third kappa shape index (κ3) is 1.92. The maximum Gasteiger partial charge on any atom is 0.0844 e. The fourth-order valence-corrected chi connectivity index (χ4v) is 4.54. The first kappa shape index (κ1) is 11.1. The van der Waals surface area contributed by atoms with Crippen LogP contribution in [0.2, 0.25) is 0 Å². The number of epoxide rings is 1. The van der Waals surface area contributed by atoms with Gasteiger partial charge >= 0.3 is 0 Å². The molecule has 1 heteroatoms. The molecule has 3 aliphatic rings. The molecule has 0 amide bonds. The fraction of sp³-hybridized carbons (Fsp3) is 1.00. The summed E-state index contributed by atoms with van der Waals surface area (Å²) in [4.78, 5) is 0. The van der Waals surface area contributed by atoms with Crippen molar-refractivity contribution in [1.29, 1.82) is 0 Å². The van der Waals surface area contributed by atoms with Crippen LogP contribution in [0.25, 0.3) is 0 Å². The van der Waals surface area contributed by atoms with Gasteiger partial charge < -0.3 is 4.74 Å². The van der Waals surface area contributed by atoms with E-state index < -0.39 is 0 Å². The van der Waals surface area contributed by atoms with Crippen LogP contribution in [0.1, 0.15) is 58.8 Å². The van der Waals surface area contributed by atoms with Crippen molar-refractivity contribution in [3.8, 4) is 0 Å². The molecule has 1 nitrogen and oxygen atoms in total. The molecule has 2 saturated carbocycles. The molecule has 3 rings (SSSR count). The van der Waals surface area contributed by atoms with Crippen molar-refractivity contribution in [1.82, 2.24) is 0 Å². The molecule has 0 aromatic carbocycles. The summed E-state index contributed by atoms with van der Waals surface area (Å²) >= 11 is 0. The highest BCUT2D eigenvalue weighted by molar-refractivity contribution is 4.98. The van der Waals surface area contributed by atoms with E-state index in [9.17, 15) is 0 Å². The van der Waals surface area contributed by atoms with E-state index in [0.29, 0.717) is 12.2 Å². The van der Waals surface area contributed by atoms with Crippen LogP contribution in [-0.4, -0.2) is 12.2 Å². The largest absolute Gasteiger partial charge is 0.370 e. The van der Waals surface area contributed by atoms with E-state index >= 15 is 0 Å². The quantitative estimate of drug-likeness (QED) is 0.657. The zero-order valence-corrected chi connectivity index (χ0v) is 10.8. The van der Waals surface area contributed by atoms with E-state index in [-0.39, 0.29) is 0 Å². The van der Waals surface area contributed by atoms with Crippen molar-refractivity contribution < 1.29 is 4.74 Å². The summed E-state index contributed by atoms with van der Waals surface area (Å²) in [5.74, 6) is 4.07. The van der Waals surface area contributed by atoms with Crippen molar-refractivity contribution in [2.75, 3.05) is 0 Å². The molecule has 5 unspecified atom stereocenters. The van der Waals surface area contributed by atoms with Crippen LogP contribution in [0.4, 0.5) is 0 Å². The van der Waals surface area contributed by atoms with Crippen LogP contribution < -0.4 is 0 Å². The summed E-state index contributed by atoms with van der Waals surface area (Å²) in [5.41, 5.74) is 0. The van der Waals surface area contributed by atoms with Gasteiger partial charge in [0.2, 0.25) is 0 Å². The van der Waals surface area contributed by atoms with Gasteiger partial charge in [-0.15, -0.1) is 0 Å². The second-order valence-corrected chi connectivity index (χ2v) is 6.35. The standard InChI is InChI=1S/C15H26O/c1-3-10(4-2)11-5-6-12-8-14-15(16-14)9-13(12)7-11/h10-15H,3-9H2,1-2H3. The molecule has 92 valence electrons. The molecule has 0 spiro atoms. The highest BCUT2D eigenvalue weighted by Gasteiger charge is 2.49. The summed E-state index contributed by atoms with van der Waals surface area (Å²) in [5, 5.41) is 0. The van der Waals surface area contributed by atoms with Gasteiger partial charge in [0.1, 0.15) is 0 Å². The summed E-state index contributed by atoms with van der Waals surface area (Å²) in [6.07, 6.45) is 11.5. The first-order chi connectivity index (χ1) is 7.81. The number of fused-ring (bicyclic) bond motifs is 2.